The average molecular weight is 327 g/mol. The Hall–Kier alpha value is -0.580. The van der Waals surface area contributed by atoms with Crippen LogP contribution < -0.4 is 10.1 Å². The summed E-state index contributed by atoms with van der Waals surface area (Å²) < 4.78 is 6.45. The van der Waals surface area contributed by atoms with Crippen molar-refractivity contribution in [1.29, 1.82) is 0 Å². The second kappa shape index (κ2) is 7.88. The summed E-state index contributed by atoms with van der Waals surface area (Å²) >= 11 is 3.46. The summed E-state index contributed by atoms with van der Waals surface area (Å²) in [5, 5.41) is 3.51. The molecular formula is C15H23BrN2O. The molecule has 2 rings (SSSR count). The Bertz CT molecular complexity index is 392. The standard InChI is InChI=1S/C15H23BrN2O/c1-19-15-11-14(16)6-5-13(15)12-17-7-10-18-8-3-2-4-9-18/h5-6,11,17H,2-4,7-10,12H2,1H3. The molecule has 0 aliphatic carbocycles. The maximum atomic E-state index is 5.39. The maximum Gasteiger partial charge on any atom is 0.124 e. The van der Waals surface area contributed by atoms with E-state index in [1.807, 2.05) is 6.07 Å². The third-order valence-corrected chi connectivity index (χ3v) is 4.11. The number of ether oxygens (including phenoxy) is 1. The first kappa shape index (κ1) is 14.8. The third-order valence-electron chi connectivity index (χ3n) is 3.62. The Kier molecular flexibility index (Phi) is 6.14. The van der Waals surface area contributed by atoms with Crippen molar-refractivity contribution >= 4 is 15.9 Å². The van der Waals surface area contributed by atoms with Crippen molar-refractivity contribution in [3.05, 3.63) is 28.2 Å². The van der Waals surface area contributed by atoms with Crippen LogP contribution >= 0.6 is 15.9 Å². The average Bonchev–Trinajstić information content (AvgIpc) is 2.46. The van der Waals surface area contributed by atoms with Crippen molar-refractivity contribution in [2.45, 2.75) is 25.8 Å². The highest BCUT2D eigenvalue weighted by Gasteiger charge is 2.09. The molecule has 1 aliphatic rings. The Balaban J connectivity index is 1.73. The first-order valence-corrected chi connectivity index (χ1v) is 7.84. The molecule has 19 heavy (non-hydrogen) atoms. The largest absolute Gasteiger partial charge is 0.496 e. The number of nitrogens with one attached hydrogen (secondary N) is 1. The molecule has 1 saturated heterocycles. The molecule has 1 N–H and O–H groups in total. The lowest BCUT2D eigenvalue weighted by atomic mass is 10.1. The summed E-state index contributed by atoms with van der Waals surface area (Å²) in [5.41, 5.74) is 1.21. The number of rotatable bonds is 6. The monoisotopic (exact) mass is 326 g/mol. The van der Waals surface area contributed by atoms with Gasteiger partial charge in [0.1, 0.15) is 5.75 Å². The van der Waals surface area contributed by atoms with E-state index in [1.54, 1.807) is 7.11 Å². The topological polar surface area (TPSA) is 24.5 Å². The van der Waals surface area contributed by atoms with Crippen molar-refractivity contribution < 1.29 is 4.74 Å². The lowest BCUT2D eigenvalue weighted by Crippen LogP contribution is -2.35. The van der Waals surface area contributed by atoms with Gasteiger partial charge < -0.3 is 15.0 Å². The molecule has 0 amide bonds. The van der Waals surface area contributed by atoms with Gasteiger partial charge in [0.25, 0.3) is 0 Å². The van der Waals surface area contributed by atoms with Crippen LogP contribution in [0.3, 0.4) is 0 Å². The molecule has 1 aromatic carbocycles. The van der Waals surface area contributed by atoms with Gasteiger partial charge in [-0.1, -0.05) is 28.4 Å². The summed E-state index contributed by atoms with van der Waals surface area (Å²) in [6, 6.07) is 6.18. The Labute approximate surface area is 124 Å². The van der Waals surface area contributed by atoms with Crippen molar-refractivity contribution in [3.8, 4) is 5.75 Å². The number of nitrogens with zero attached hydrogens (tertiary/aromatic N) is 1. The van der Waals surface area contributed by atoms with E-state index in [1.165, 1.54) is 37.9 Å². The number of hydrogen-bond donors (Lipinski definition) is 1. The van der Waals surface area contributed by atoms with Gasteiger partial charge in [-0.3, -0.25) is 0 Å². The highest BCUT2D eigenvalue weighted by Crippen LogP contribution is 2.23. The fraction of sp³-hybridized carbons (Fsp3) is 0.600. The van der Waals surface area contributed by atoms with Gasteiger partial charge in [-0.2, -0.15) is 0 Å². The van der Waals surface area contributed by atoms with Crippen LogP contribution in [0.5, 0.6) is 5.75 Å². The van der Waals surface area contributed by atoms with Crippen LogP contribution in [0.1, 0.15) is 24.8 Å². The predicted octanol–water partition coefficient (Wildman–Crippen LogP) is 3.03. The molecule has 1 fully saturated rings. The van der Waals surface area contributed by atoms with Crippen LogP contribution in [0.4, 0.5) is 0 Å². The van der Waals surface area contributed by atoms with Crippen LogP contribution in [0.2, 0.25) is 0 Å². The quantitative estimate of drug-likeness (QED) is 0.813. The second-order valence-corrected chi connectivity index (χ2v) is 5.95. The van der Waals surface area contributed by atoms with E-state index < -0.39 is 0 Å². The highest BCUT2D eigenvalue weighted by atomic mass is 79.9. The van der Waals surface area contributed by atoms with Crippen LogP contribution in [0.25, 0.3) is 0 Å². The molecule has 0 aromatic heterocycles. The van der Waals surface area contributed by atoms with E-state index in [0.717, 1.165) is 29.9 Å². The van der Waals surface area contributed by atoms with E-state index in [9.17, 15) is 0 Å². The van der Waals surface area contributed by atoms with Crippen molar-refractivity contribution in [2.75, 3.05) is 33.3 Å². The number of methoxy groups -OCH3 is 1. The summed E-state index contributed by atoms with van der Waals surface area (Å²) in [4.78, 5) is 2.55. The molecule has 4 heteroatoms. The van der Waals surface area contributed by atoms with Gasteiger partial charge in [0.2, 0.25) is 0 Å². The number of likely N-dealkylation sites (tertiary alicyclic amines) is 1. The lowest BCUT2D eigenvalue weighted by Gasteiger charge is -2.26. The smallest absolute Gasteiger partial charge is 0.124 e. The SMILES string of the molecule is COc1cc(Br)ccc1CNCCN1CCCCC1. The summed E-state index contributed by atoms with van der Waals surface area (Å²) in [6.45, 7) is 5.59. The van der Waals surface area contributed by atoms with E-state index in [2.05, 4.69) is 38.3 Å². The van der Waals surface area contributed by atoms with Gasteiger partial charge in [-0.15, -0.1) is 0 Å². The number of hydrogen-bond acceptors (Lipinski definition) is 3. The lowest BCUT2D eigenvalue weighted by molar-refractivity contribution is 0.229. The number of benzene rings is 1. The van der Waals surface area contributed by atoms with Crippen molar-refractivity contribution in [3.63, 3.8) is 0 Å². The van der Waals surface area contributed by atoms with Gasteiger partial charge in [0, 0.05) is 29.7 Å². The van der Waals surface area contributed by atoms with E-state index in [-0.39, 0.29) is 0 Å². The minimum atomic E-state index is 0.865. The van der Waals surface area contributed by atoms with Crippen molar-refractivity contribution in [1.82, 2.24) is 10.2 Å². The molecule has 1 aromatic rings. The number of piperidine rings is 1. The number of halogens is 1. The van der Waals surface area contributed by atoms with Gasteiger partial charge in [0.15, 0.2) is 0 Å². The van der Waals surface area contributed by atoms with E-state index in [0.29, 0.717) is 0 Å². The molecule has 106 valence electrons. The molecule has 0 atom stereocenters. The van der Waals surface area contributed by atoms with Crippen LogP contribution in [0, 0.1) is 0 Å². The van der Waals surface area contributed by atoms with E-state index >= 15 is 0 Å². The molecular weight excluding hydrogens is 304 g/mol. The Morgan fingerprint density at radius 1 is 1.26 bits per heavy atom. The van der Waals surface area contributed by atoms with Crippen LogP contribution in [-0.2, 0) is 6.54 Å². The summed E-state index contributed by atoms with van der Waals surface area (Å²) in [6.07, 6.45) is 4.13. The molecule has 0 radical (unpaired) electrons. The first-order chi connectivity index (χ1) is 9.29. The van der Waals surface area contributed by atoms with Crippen LogP contribution in [-0.4, -0.2) is 38.2 Å². The molecule has 0 bridgehead atoms. The maximum absolute atomic E-state index is 5.39. The second-order valence-electron chi connectivity index (χ2n) is 5.04. The zero-order valence-corrected chi connectivity index (χ0v) is 13.2. The first-order valence-electron chi connectivity index (χ1n) is 7.05. The fourth-order valence-corrected chi connectivity index (χ4v) is 2.85. The molecule has 1 heterocycles. The molecule has 1 aliphatic heterocycles. The van der Waals surface area contributed by atoms with Gasteiger partial charge >= 0.3 is 0 Å². The summed E-state index contributed by atoms with van der Waals surface area (Å²) in [5.74, 6) is 0.944. The fourth-order valence-electron chi connectivity index (χ4n) is 2.51. The minimum absolute atomic E-state index is 0.865. The normalized spacial score (nSPS) is 16.5. The molecule has 0 spiro atoms. The van der Waals surface area contributed by atoms with Gasteiger partial charge in [-0.25, -0.2) is 0 Å². The van der Waals surface area contributed by atoms with Crippen LogP contribution in [0.15, 0.2) is 22.7 Å². The van der Waals surface area contributed by atoms with Gasteiger partial charge in [0.05, 0.1) is 7.11 Å². The highest BCUT2D eigenvalue weighted by molar-refractivity contribution is 9.10. The third kappa shape index (κ3) is 4.79. The molecule has 0 unspecified atom stereocenters. The Morgan fingerprint density at radius 2 is 2.05 bits per heavy atom. The van der Waals surface area contributed by atoms with Crippen molar-refractivity contribution in [2.24, 2.45) is 0 Å². The minimum Gasteiger partial charge on any atom is -0.496 e. The summed E-state index contributed by atoms with van der Waals surface area (Å²) in [7, 11) is 1.72. The molecule has 3 nitrogen and oxygen atoms in total. The zero-order valence-electron chi connectivity index (χ0n) is 11.6. The zero-order chi connectivity index (χ0) is 13.5. The van der Waals surface area contributed by atoms with E-state index in [4.69, 9.17) is 4.74 Å². The van der Waals surface area contributed by atoms with Gasteiger partial charge in [-0.05, 0) is 38.1 Å². The Morgan fingerprint density at radius 3 is 2.79 bits per heavy atom. The predicted molar refractivity (Wildman–Crippen MR) is 82.7 cm³/mol. The molecule has 0 saturated carbocycles.